The smallest absolute Gasteiger partial charge is 0.334 e. The van der Waals surface area contributed by atoms with E-state index in [9.17, 15) is 14.4 Å². The van der Waals surface area contributed by atoms with Gasteiger partial charge in [0.15, 0.2) is 0 Å². The van der Waals surface area contributed by atoms with E-state index in [1.807, 2.05) is 79.4 Å². The Labute approximate surface area is 221 Å². The van der Waals surface area contributed by atoms with Gasteiger partial charge < -0.3 is 15.1 Å². The van der Waals surface area contributed by atoms with E-state index >= 15 is 0 Å². The first-order chi connectivity index (χ1) is 18.0. The number of hydrogen-bond acceptors (Lipinski definition) is 4. The zero-order valence-electron chi connectivity index (χ0n) is 22.6. The molecule has 2 saturated heterocycles. The molecule has 2 atom stereocenters. The minimum atomic E-state index is -0.636. The number of rotatable bonds is 8. The van der Waals surface area contributed by atoms with Crippen LogP contribution in [0.2, 0.25) is 0 Å². The lowest BCUT2D eigenvalue weighted by Gasteiger charge is -2.54. The van der Waals surface area contributed by atoms with Crippen LogP contribution in [0.5, 0.6) is 0 Å². The Morgan fingerprint density at radius 2 is 1.57 bits per heavy atom. The SMILES string of the molecule is CC.CCCCCN1CC2N(C(=O)CN(C)N2C(=O)NCc2ccccc2)[C@@H](Cc2ccccc2)C1=O. The van der Waals surface area contributed by atoms with Crippen molar-refractivity contribution in [2.75, 3.05) is 26.7 Å². The van der Waals surface area contributed by atoms with Gasteiger partial charge in [0.25, 0.3) is 0 Å². The van der Waals surface area contributed by atoms with Gasteiger partial charge in [0.05, 0.1) is 13.1 Å². The van der Waals surface area contributed by atoms with Crippen LogP contribution in [0.1, 0.15) is 51.2 Å². The van der Waals surface area contributed by atoms with Crippen LogP contribution in [0.4, 0.5) is 4.79 Å². The van der Waals surface area contributed by atoms with Crippen LogP contribution in [0.3, 0.4) is 0 Å². The average molecular weight is 508 g/mol. The van der Waals surface area contributed by atoms with E-state index in [0.29, 0.717) is 26.1 Å². The number of nitrogens with one attached hydrogen (secondary N) is 1. The summed E-state index contributed by atoms with van der Waals surface area (Å²) in [5, 5.41) is 6.28. The van der Waals surface area contributed by atoms with E-state index in [0.717, 1.165) is 30.4 Å². The fraction of sp³-hybridized carbons (Fsp3) is 0.483. The summed E-state index contributed by atoms with van der Waals surface area (Å²) in [6, 6.07) is 18.6. The minimum Gasteiger partial charge on any atom is -0.337 e. The van der Waals surface area contributed by atoms with Gasteiger partial charge in [-0.15, -0.1) is 0 Å². The Hall–Kier alpha value is -3.39. The van der Waals surface area contributed by atoms with Gasteiger partial charge in [-0.05, 0) is 17.5 Å². The maximum absolute atomic E-state index is 13.6. The Balaban J connectivity index is 0.00000186. The number of hydrogen-bond donors (Lipinski definition) is 1. The summed E-state index contributed by atoms with van der Waals surface area (Å²) in [6.07, 6.45) is 2.86. The van der Waals surface area contributed by atoms with Gasteiger partial charge in [-0.3, -0.25) is 9.59 Å². The maximum Gasteiger partial charge on any atom is 0.334 e. The lowest BCUT2D eigenvalue weighted by Crippen LogP contribution is -2.76. The first-order valence-electron chi connectivity index (χ1n) is 13.5. The molecule has 4 rings (SSSR count). The Morgan fingerprint density at radius 3 is 2.19 bits per heavy atom. The van der Waals surface area contributed by atoms with Gasteiger partial charge in [-0.1, -0.05) is 94.3 Å². The van der Waals surface area contributed by atoms with Crippen molar-refractivity contribution in [1.82, 2.24) is 25.1 Å². The zero-order valence-corrected chi connectivity index (χ0v) is 22.6. The molecule has 8 nitrogen and oxygen atoms in total. The van der Waals surface area contributed by atoms with Crippen molar-refractivity contribution in [3.63, 3.8) is 0 Å². The summed E-state index contributed by atoms with van der Waals surface area (Å²) in [4.78, 5) is 43.7. The molecule has 0 bridgehead atoms. The number of amides is 4. The van der Waals surface area contributed by atoms with Crippen LogP contribution >= 0.6 is 0 Å². The molecule has 37 heavy (non-hydrogen) atoms. The van der Waals surface area contributed by atoms with Crippen LogP contribution in [-0.2, 0) is 22.6 Å². The molecule has 200 valence electrons. The Morgan fingerprint density at radius 1 is 0.946 bits per heavy atom. The van der Waals surface area contributed by atoms with Crippen LogP contribution < -0.4 is 5.32 Å². The van der Waals surface area contributed by atoms with E-state index in [-0.39, 0.29) is 24.4 Å². The quantitative estimate of drug-likeness (QED) is 0.550. The lowest BCUT2D eigenvalue weighted by atomic mass is 9.98. The molecule has 2 aromatic rings. The number of benzene rings is 2. The Kier molecular flexibility index (Phi) is 10.5. The molecule has 2 heterocycles. The van der Waals surface area contributed by atoms with E-state index < -0.39 is 12.2 Å². The van der Waals surface area contributed by atoms with E-state index in [1.165, 1.54) is 0 Å². The molecule has 0 spiro atoms. The molecule has 2 aromatic carbocycles. The summed E-state index contributed by atoms with van der Waals surface area (Å²) in [5.74, 6) is -0.171. The predicted molar refractivity (Wildman–Crippen MR) is 145 cm³/mol. The van der Waals surface area contributed by atoms with Crippen molar-refractivity contribution >= 4 is 17.8 Å². The summed E-state index contributed by atoms with van der Waals surface area (Å²) >= 11 is 0. The van der Waals surface area contributed by atoms with Crippen molar-refractivity contribution in [1.29, 1.82) is 0 Å². The number of unbranched alkanes of at least 4 members (excludes halogenated alkanes) is 2. The van der Waals surface area contributed by atoms with E-state index in [4.69, 9.17) is 0 Å². The highest BCUT2D eigenvalue weighted by atomic mass is 16.2. The Bertz CT molecular complexity index is 1020. The molecule has 2 aliphatic heterocycles. The topological polar surface area (TPSA) is 76.2 Å². The molecule has 0 saturated carbocycles. The number of likely N-dealkylation sites (N-methyl/N-ethyl adjacent to an activating group) is 1. The summed E-state index contributed by atoms with van der Waals surface area (Å²) in [7, 11) is 1.75. The first kappa shape index (κ1) is 28.2. The van der Waals surface area contributed by atoms with Gasteiger partial charge >= 0.3 is 6.03 Å². The highest BCUT2D eigenvalue weighted by Crippen LogP contribution is 2.28. The zero-order chi connectivity index (χ0) is 26.8. The number of urea groups is 1. The van der Waals surface area contributed by atoms with Crippen molar-refractivity contribution in [2.24, 2.45) is 0 Å². The minimum absolute atomic E-state index is 0.0382. The fourth-order valence-corrected chi connectivity index (χ4v) is 4.95. The number of fused-ring (bicyclic) bond motifs is 1. The third-order valence-corrected chi connectivity index (χ3v) is 6.74. The van der Waals surface area contributed by atoms with Crippen LogP contribution in [0.25, 0.3) is 0 Å². The fourth-order valence-electron chi connectivity index (χ4n) is 4.95. The number of hydrazine groups is 1. The third-order valence-electron chi connectivity index (χ3n) is 6.74. The molecule has 2 aliphatic rings. The van der Waals surface area contributed by atoms with Crippen LogP contribution in [0, 0.1) is 0 Å². The van der Waals surface area contributed by atoms with Crippen molar-refractivity contribution in [2.45, 2.75) is 65.2 Å². The second-order valence-corrected chi connectivity index (χ2v) is 9.28. The molecule has 0 aliphatic carbocycles. The van der Waals surface area contributed by atoms with Gasteiger partial charge in [0, 0.05) is 26.6 Å². The molecule has 8 heteroatoms. The maximum atomic E-state index is 13.6. The molecule has 4 amide bonds. The summed E-state index contributed by atoms with van der Waals surface area (Å²) in [6.45, 7) is 7.49. The van der Waals surface area contributed by atoms with Gasteiger partial charge in [-0.25, -0.2) is 14.8 Å². The predicted octanol–water partition coefficient (Wildman–Crippen LogP) is 3.88. The molecular formula is C29H41N5O3. The monoisotopic (exact) mass is 507 g/mol. The summed E-state index contributed by atoms with van der Waals surface area (Å²) < 4.78 is 0. The lowest BCUT2D eigenvalue weighted by molar-refractivity contribution is -0.186. The first-order valence-corrected chi connectivity index (χ1v) is 13.5. The largest absolute Gasteiger partial charge is 0.337 e. The number of nitrogens with zero attached hydrogens (tertiary/aromatic N) is 4. The molecule has 0 aromatic heterocycles. The van der Waals surface area contributed by atoms with Gasteiger partial charge in [-0.2, -0.15) is 0 Å². The van der Waals surface area contributed by atoms with Crippen molar-refractivity contribution < 1.29 is 14.4 Å². The number of piperazine rings is 1. The highest BCUT2D eigenvalue weighted by Gasteiger charge is 2.50. The van der Waals surface area contributed by atoms with Crippen LogP contribution in [0.15, 0.2) is 60.7 Å². The number of carbonyl (C=O) groups is 3. The average Bonchev–Trinajstić information content (AvgIpc) is 2.92. The normalized spacial score (nSPS) is 19.7. The molecular weight excluding hydrogens is 466 g/mol. The molecule has 1 N–H and O–H groups in total. The van der Waals surface area contributed by atoms with Crippen molar-refractivity contribution in [3.05, 3.63) is 71.8 Å². The number of carbonyl (C=O) groups excluding carboxylic acids is 3. The van der Waals surface area contributed by atoms with Crippen molar-refractivity contribution in [3.8, 4) is 0 Å². The molecule has 0 radical (unpaired) electrons. The van der Waals surface area contributed by atoms with Gasteiger partial charge in [0.2, 0.25) is 11.8 Å². The molecule has 2 fully saturated rings. The van der Waals surface area contributed by atoms with Gasteiger partial charge in [0.1, 0.15) is 12.2 Å². The summed E-state index contributed by atoms with van der Waals surface area (Å²) in [5.41, 5.74) is 1.99. The highest BCUT2D eigenvalue weighted by molar-refractivity contribution is 5.91. The standard InChI is InChI=1S/C27H35N5O3.C2H6/c1-3-4-11-16-30-19-24-31(23(26(30)34)17-21-12-7-5-8-13-21)25(33)20-29(2)32(24)27(35)28-18-22-14-9-6-10-15-22;1-2/h5-10,12-15,23-24H,3-4,11,16-20H2,1-2H3,(H,28,35);1-2H3/t23-,24?;/m0./s1. The van der Waals surface area contributed by atoms with E-state index in [1.54, 1.807) is 22.0 Å². The second-order valence-electron chi connectivity index (χ2n) is 9.28. The second kappa shape index (κ2) is 13.8. The van der Waals surface area contributed by atoms with Crippen LogP contribution in [-0.4, -0.2) is 76.6 Å². The van der Waals surface area contributed by atoms with E-state index in [2.05, 4.69) is 12.2 Å². The molecule has 1 unspecified atom stereocenters. The third kappa shape index (κ3) is 6.89.